The first kappa shape index (κ1) is 11.3. The Morgan fingerprint density at radius 2 is 2.06 bits per heavy atom. The molecule has 1 aromatic rings. The predicted molar refractivity (Wildman–Crippen MR) is 68.3 cm³/mol. The molecule has 2 N–H and O–H groups in total. The summed E-state index contributed by atoms with van der Waals surface area (Å²) in [6.07, 6.45) is 11.3. The van der Waals surface area contributed by atoms with Crippen LogP contribution in [0.4, 0.5) is 5.82 Å². The monoisotopic (exact) mass is 236 g/mol. The Morgan fingerprint density at radius 3 is 2.75 bits per heavy atom. The lowest BCUT2D eigenvalue weighted by Gasteiger charge is -2.24. The summed E-state index contributed by atoms with van der Waals surface area (Å²) in [6.45, 7) is 0. The molecule has 4 nitrogen and oxygen atoms in total. The zero-order chi connectivity index (χ0) is 11.2. The molecule has 5 heteroatoms. The largest absolute Gasteiger partial charge is 0.360 e. The van der Waals surface area contributed by atoms with Gasteiger partial charge in [0.2, 0.25) is 0 Å². The fourth-order valence-corrected chi connectivity index (χ4v) is 2.22. The number of rotatable bonds is 2. The average molecular weight is 236 g/mol. The fraction of sp³-hybridized carbons (Fsp3) is 0.545. The minimum atomic E-state index is 0.519. The summed E-state index contributed by atoms with van der Waals surface area (Å²) >= 11 is 5.23. The lowest BCUT2D eigenvalue weighted by Crippen LogP contribution is -2.38. The van der Waals surface area contributed by atoms with E-state index in [1.54, 1.807) is 18.6 Å². The van der Waals surface area contributed by atoms with Crippen LogP contribution in [-0.4, -0.2) is 21.1 Å². The van der Waals surface area contributed by atoms with Gasteiger partial charge < -0.3 is 10.6 Å². The molecule has 1 aliphatic rings. The van der Waals surface area contributed by atoms with E-state index in [1.807, 2.05) is 0 Å². The van der Waals surface area contributed by atoms with E-state index in [2.05, 4.69) is 20.6 Å². The van der Waals surface area contributed by atoms with Gasteiger partial charge in [-0.05, 0) is 25.1 Å². The summed E-state index contributed by atoms with van der Waals surface area (Å²) in [5.74, 6) is 0.691. The average Bonchev–Trinajstić information content (AvgIpc) is 2.31. The summed E-state index contributed by atoms with van der Waals surface area (Å²) in [5, 5.41) is 7.00. The number of nitrogens with zero attached hydrogens (tertiary/aromatic N) is 2. The Balaban J connectivity index is 1.80. The standard InChI is InChI=1S/C11H16N4S/c16-11(14-9-4-2-1-3-5-9)15-10-8-12-6-7-13-10/h6-9H,1-5H2,(H2,13,14,15,16). The van der Waals surface area contributed by atoms with Gasteiger partial charge in [-0.15, -0.1) is 0 Å². The molecule has 1 aliphatic carbocycles. The molecule has 16 heavy (non-hydrogen) atoms. The predicted octanol–water partition coefficient (Wildman–Crippen LogP) is 2.10. The summed E-state index contributed by atoms with van der Waals surface area (Å²) < 4.78 is 0. The highest BCUT2D eigenvalue weighted by molar-refractivity contribution is 7.80. The molecule has 0 bridgehead atoms. The third-order valence-corrected chi connectivity index (χ3v) is 2.97. The van der Waals surface area contributed by atoms with E-state index >= 15 is 0 Å². The van der Waals surface area contributed by atoms with Crippen LogP contribution in [0, 0.1) is 0 Å². The van der Waals surface area contributed by atoms with Gasteiger partial charge in [0.05, 0.1) is 6.20 Å². The highest BCUT2D eigenvalue weighted by Gasteiger charge is 2.13. The van der Waals surface area contributed by atoms with Crippen LogP contribution in [0.3, 0.4) is 0 Å². The van der Waals surface area contributed by atoms with Crippen LogP contribution >= 0.6 is 12.2 Å². The first-order valence-electron chi connectivity index (χ1n) is 5.68. The van der Waals surface area contributed by atoms with Gasteiger partial charge in [0.15, 0.2) is 10.9 Å². The summed E-state index contributed by atoms with van der Waals surface area (Å²) in [5.41, 5.74) is 0. The number of hydrogen-bond donors (Lipinski definition) is 2. The Morgan fingerprint density at radius 1 is 1.25 bits per heavy atom. The molecule has 86 valence electrons. The highest BCUT2D eigenvalue weighted by atomic mass is 32.1. The van der Waals surface area contributed by atoms with Gasteiger partial charge in [-0.1, -0.05) is 19.3 Å². The van der Waals surface area contributed by atoms with E-state index in [0.29, 0.717) is 17.0 Å². The molecular formula is C11H16N4S. The fourth-order valence-electron chi connectivity index (χ4n) is 1.95. The smallest absolute Gasteiger partial charge is 0.172 e. The molecule has 0 aromatic carbocycles. The maximum atomic E-state index is 5.23. The van der Waals surface area contributed by atoms with E-state index in [1.165, 1.54) is 32.1 Å². The molecule has 1 saturated carbocycles. The Hall–Kier alpha value is -1.23. The topological polar surface area (TPSA) is 49.8 Å². The van der Waals surface area contributed by atoms with E-state index in [9.17, 15) is 0 Å². The molecule has 0 radical (unpaired) electrons. The highest BCUT2D eigenvalue weighted by Crippen LogP contribution is 2.17. The third-order valence-electron chi connectivity index (χ3n) is 2.75. The number of nitrogens with one attached hydrogen (secondary N) is 2. The maximum Gasteiger partial charge on any atom is 0.172 e. The van der Waals surface area contributed by atoms with Gasteiger partial charge >= 0.3 is 0 Å². The van der Waals surface area contributed by atoms with E-state index < -0.39 is 0 Å². The van der Waals surface area contributed by atoms with Crippen molar-refractivity contribution in [3.05, 3.63) is 18.6 Å². The first-order chi connectivity index (χ1) is 7.84. The maximum absolute atomic E-state index is 5.23. The van der Waals surface area contributed by atoms with Crippen molar-refractivity contribution >= 4 is 23.1 Å². The van der Waals surface area contributed by atoms with Crippen LogP contribution in [0.1, 0.15) is 32.1 Å². The summed E-state index contributed by atoms with van der Waals surface area (Å²) in [6, 6.07) is 0.519. The van der Waals surface area contributed by atoms with Crippen molar-refractivity contribution in [1.82, 2.24) is 15.3 Å². The molecule has 0 atom stereocenters. The van der Waals surface area contributed by atoms with Crippen LogP contribution < -0.4 is 10.6 Å². The zero-order valence-electron chi connectivity index (χ0n) is 9.15. The molecule has 1 heterocycles. The normalized spacial score (nSPS) is 16.8. The van der Waals surface area contributed by atoms with Gasteiger partial charge in [-0.3, -0.25) is 4.98 Å². The molecule has 2 rings (SSSR count). The van der Waals surface area contributed by atoms with Gasteiger partial charge in [-0.25, -0.2) is 4.98 Å². The molecule has 1 aromatic heterocycles. The van der Waals surface area contributed by atoms with Gasteiger partial charge in [-0.2, -0.15) is 0 Å². The minimum Gasteiger partial charge on any atom is -0.360 e. The minimum absolute atomic E-state index is 0.519. The molecule has 1 fully saturated rings. The van der Waals surface area contributed by atoms with E-state index in [4.69, 9.17) is 12.2 Å². The number of hydrogen-bond acceptors (Lipinski definition) is 3. The molecule has 0 amide bonds. The van der Waals surface area contributed by atoms with Gasteiger partial charge in [0, 0.05) is 18.4 Å². The van der Waals surface area contributed by atoms with Crippen LogP contribution in [0.2, 0.25) is 0 Å². The zero-order valence-corrected chi connectivity index (χ0v) is 9.96. The van der Waals surface area contributed by atoms with Crippen LogP contribution in [0.15, 0.2) is 18.6 Å². The van der Waals surface area contributed by atoms with Crippen molar-refractivity contribution in [2.75, 3.05) is 5.32 Å². The van der Waals surface area contributed by atoms with Crippen molar-refractivity contribution in [3.8, 4) is 0 Å². The van der Waals surface area contributed by atoms with Crippen molar-refractivity contribution in [2.24, 2.45) is 0 Å². The molecule has 0 saturated heterocycles. The molecule has 0 aliphatic heterocycles. The SMILES string of the molecule is S=C(Nc1cnccn1)NC1CCCCC1. The molecular weight excluding hydrogens is 220 g/mol. The molecule has 0 unspecified atom stereocenters. The number of aromatic nitrogens is 2. The van der Waals surface area contributed by atoms with Crippen LogP contribution in [0.5, 0.6) is 0 Å². The van der Waals surface area contributed by atoms with Crippen molar-refractivity contribution in [2.45, 2.75) is 38.1 Å². The Kier molecular flexibility index (Phi) is 4.04. The van der Waals surface area contributed by atoms with E-state index in [-0.39, 0.29) is 0 Å². The third kappa shape index (κ3) is 3.41. The second kappa shape index (κ2) is 5.75. The second-order valence-electron chi connectivity index (χ2n) is 4.02. The van der Waals surface area contributed by atoms with Gasteiger partial charge in [0.25, 0.3) is 0 Å². The van der Waals surface area contributed by atoms with Crippen LogP contribution in [0.25, 0.3) is 0 Å². The number of thiocarbonyl (C=S) groups is 1. The Bertz CT molecular complexity index is 335. The van der Waals surface area contributed by atoms with Gasteiger partial charge in [0.1, 0.15) is 0 Å². The van der Waals surface area contributed by atoms with E-state index in [0.717, 1.165) is 0 Å². The molecule has 0 spiro atoms. The lowest BCUT2D eigenvalue weighted by molar-refractivity contribution is 0.415. The number of anilines is 1. The summed E-state index contributed by atoms with van der Waals surface area (Å²) in [7, 11) is 0. The lowest BCUT2D eigenvalue weighted by atomic mass is 9.96. The summed E-state index contributed by atoms with van der Waals surface area (Å²) in [4.78, 5) is 8.08. The first-order valence-corrected chi connectivity index (χ1v) is 6.09. The van der Waals surface area contributed by atoms with Crippen molar-refractivity contribution in [3.63, 3.8) is 0 Å². The second-order valence-corrected chi connectivity index (χ2v) is 4.43. The quantitative estimate of drug-likeness (QED) is 0.770. The van der Waals surface area contributed by atoms with Crippen LogP contribution in [-0.2, 0) is 0 Å². The van der Waals surface area contributed by atoms with Crippen molar-refractivity contribution in [1.29, 1.82) is 0 Å². The Labute approximate surface area is 101 Å². The van der Waals surface area contributed by atoms with Crippen molar-refractivity contribution < 1.29 is 0 Å².